The van der Waals surface area contributed by atoms with Crippen LogP contribution >= 0.6 is 0 Å². The van der Waals surface area contributed by atoms with E-state index in [2.05, 4.69) is 32.2 Å². The smallest absolute Gasteiger partial charge is 0.408 e. The molecule has 2 N–H and O–H groups in total. The molecule has 0 spiro atoms. The van der Waals surface area contributed by atoms with Gasteiger partial charge in [0.2, 0.25) is 5.91 Å². The molecule has 40 heavy (non-hydrogen) atoms. The van der Waals surface area contributed by atoms with Crippen molar-refractivity contribution < 1.29 is 33.8 Å². The lowest BCUT2D eigenvalue weighted by Crippen LogP contribution is -2.51. The maximum Gasteiger partial charge on any atom is 0.408 e. The van der Waals surface area contributed by atoms with Crippen LogP contribution in [0.2, 0.25) is 0 Å². The molecule has 0 aromatic heterocycles. The van der Waals surface area contributed by atoms with Gasteiger partial charge in [-0.2, -0.15) is 0 Å². The van der Waals surface area contributed by atoms with Crippen LogP contribution in [-0.4, -0.2) is 76.9 Å². The highest BCUT2D eigenvalue weighted by Gasteiger charge is 2.37. The van der Waals surface area contributed by atoms with Crippen molar-refractivity contribution >= 4 is 24.1 Å². The summed E-state index contributed by atoms with van der Waals surface area (Å²) in [5.41, 5.74) is 1.78. The first kappa shape index (κ1) is 36.7. The molecule has 0 saturated carbocycles. The first-order valence-electron chi connectivity index (χ1n) is 14.1. The topological polar surface area (TPSA) is 125 Å². The number of rotatable bonds is 3. The van der Waals surface area contributed by atoms with E-state index in [1.54, 1.807) is 27.7 Å². The second kappa shape index (κ2) is 18.1. The van der Waals surface area contributed by atoms with Gasteiger partial charge in [0.05, 0.1) is 7.11 Å². The molecule has 1 saturated heterocycles. The number of likely N-dealkylation sites (tertiary alicyclic amines) is 1. The van der Waals surface area contributed by atoms with Crippen LogP contribution in [0, 0.1) is 5.92 Å². The van der Waals surface area contributed by atoms with Crippen LogP contribution in [0.25, 0.3) is 0 Å². The minimum atomic E-state index is -0.825. The molecule has 10 heteroatoms. The summed E-state index contributed by atoms with van der Waals surface area (Å²) in [6.45, 7) is 18.9. The van der Waals surface area contributed by atoms with E-state index in [1.807, 2.05) is 32.0 Å². The third-order valence-electron chi connectivity index (χ3n) is 5.51. The number of benzene rings is 1. The van der Waals surface area contributed by atoms with Crippen molar-refractivity contribution in [3.05, 3.63) is 35.4 Å². The van der Waals surface area contributed by atoms with Gasteiger partial charge in [0.25, 0.3) is 0 Å². The van der Waals surface area contributed by atoms with Crippen LogP contribution in [0.15, 0.2) is 24.3 Å². The Morgan fingerprint density at radius 2 is 1.55 bits per heavy atom. The summed E-state index contributed by atoms with van der Waals surface area (Å²) in [5.74, 6) is 0.0964. The number of hydrogen-bond donors (Lipinski definition) is 2. The van der Waals surface area contributed by atoms with Gasteiger partial charge >= 0.3 is 18.2 Å². The summed E-state index contributed by atoms with van der Waals surface area (Å²) in [5, 5.41) is 11.3. The van der Waals surface area contributed by atoms with Crippen molar-refractivity contribution in [1.29, 1.82) is 0 Å². The molecular weight excluding hydrogens is 514 g/mol. The Labute approximate surface area is 240 Å². The van der Waals surface area contributed by atoms with Gasteiger partial charge in [-0.25, -0.2) is 14.4 Å². The number of methoxy groups -OCH3 is 1. The van der Waals surface area contributed by atoms with E-state index in [-0.39, 0.29) is 5.91 Å². The quantitative estimate of drug-likeness (QED) is 0.465. The normalized spacial score (nSPS) is 16.4. The number of nitrogens with zero attached hydrogens (tertiary/aromatic N) is 2. The van der Waals surface area contributed by atoms with Gasteiger partial charge in [-0.15, -0.1) is 0 Å². The lowest BCUT2D eigenvalue weighted by Gasteiger charge is -2.27. The second-order valence-electron chi connectivity index (χ2n) is 11.0. The molecular formula is C30H51N3O7. The Hall–Kier alpha value is -3.30. The van der Waals surface area contributed by atoms with Crippen LogP contribution in [0.1, 0.15) is 86.3 Å². The van der Waals surface area contributed by atoms with E-state index in [1.165, 1.54) is 22.5 Å². The van der Waals surface area contributed by atoms with E-state index in [0.29, 0.717) is 26.1 Å². The number of carbonyl (C=O) groups is 4. The maximum absolute atomic E-state index is 12.3. The maximum atomic E-state index is 12.3. The Morgan fingerprint density at radius 3 is 2.05 bits per heavy atom. The zero-order chi connectivity index (χ0) is 31.0. The van der Waals surface area contributed by atoms with Gasteiger partial charge in [0.1, 0.15) is 17.7 Å². The molecule has 3 rings (SSSR count). The van der Waals surface area contributed by atoms with Crippen molar-refractivity contribution in [1.82, 2.24) is 15.1 Å². The number of esters is 1. The zero-order valence-electron chi connectivity index (χ0n) is 26.1. The minimum Gasteiger partial charge on any atom is -0.467 e. The third-order valence-corrected chi connectivity index (χ3v) is 5.51. The monoisotopic (exact) mass is 565 g/mol. The molecule has 228 valence electrons. The second-order valence-corrected chi connectivity index (χ2v) is 11.0. The van der Waals surface area contributed by atoms with Crippen molar-refractivity contribution in [3.8, 4) is 0 Å². The van der Waals surface area contributed by atoms with Gasteiger partial charge in [0.15, 0.2) is 0 Å². The van der Waals surface area contributed by atoms with E-state index < -0.39 is 35.8 Å². The predicted octanol–water partition coefficient (Wildman–Crippen LogP) is 5.47. The molecule has 1 aromatic rings. The number of amides is 3. The lowest BCUT2D eigenvalue weighted by atomic mass is 10.0. The van der Waals surface area contributed by atoms with Crippen LogP contribution in [0.4, 0.5) is 9.59 Å². The van der Waals surface area contributed by atoms with Crippen LogP contribution < -0.4 is 5.32 Å². The number of ether oxygens (including phenoxy) is 2. The standard InChI is InChI=1S/C14H24N2O5.C10H11NO2.C4H10.C2H6/c1-9(15-13(19)21-14(2,3)4)11(17)16-8-6-7-10(16)12(18)20-5;12-10(13)11-6-5-8-3-1-2-4-9(8)7-11;1-4(2)3;1-2/h9-10H,6-8H2,1-5H3,(H,15,19);1-4H,5-7H2,(H,12,13);4H,1-3H3;1-2H3. The summed E-state index contributed by atoms with van der Waals surface area (Å²) < 4.78 is 9.80. The van der Waals surface area contributed by atoms with Crippen LogP contribution in [0.5, 0.6) is 0 Å². The highest BCUT2D eigenvalue weighted by Crippen LogP contribution is 2.20. The molecule has 10 nitrogen and oxygen atoms in total. The van der Waals surface area contributed by atoms with E-state index in [0.717, 1.165) is 24.3 Å². The lowest BCUT2D eigenvalue weighted by molar-refractivity contribution is -0.151. The SMILES string of the molecule is CC.CC(C)C.COC(=O)C1CCCN1C(=O)C(C)NC(=O)OC(C)(C)C.O=C(O)N1CCc2ccccc2C1. The summed E-state index contributed by atoms with van der Waals surface area (Å²) in [7, 11) is 1.30. The summed E-state index contributed by atoms with van der Waals surface area (Å²) in [6.07, 6.45) is 0.678. The molecule has 2 atom stereocenters. The number of carboxylic acid groups (broad SMARTS) is 1. The molecule has 1 aromatic carbocycles. The van der Waals surface area contributed by atoms with Gasteiger partial charge in [-0.05, 0) is 64.0 Å². The van der Waals surface area contributed by atoms with Gasteiger partial charge in [-0.1, -0.05) is 58.9 Å². The molecule has 0 radical (unpaired) electrons. The first-order chi connectivity index (χ1) is 18.7. The highest BCUT2D eigenvalue weighted by atomic mass is 16.6. The van der Waals surface area contributed by atoms with E-state index in [9.17, 15) is 19.2 Å². The molecule has 0 bridgehead atoms. The third kappa shape index (κ3) is 13.7. The minimum absolute atomic E-state index is 0.311. The largest absolute Gasteiger partial charge is 0.467 e. The van der Waals surface area contributed by atoms with E-state index >= 15 is 0 Å². The van der Waals surface area contributed by atoms with Crippen molar-refractivity contribution in [2.75, 3.05) is 20.2 Å². The molecule has 2 unspecified atom stereocenters. The molecule has 2 aliphatic heterocycles. The average molecular weight is 566 g/mol. The Kier molecular flexibility index (Phi) is 16.6. The van der Waals surface area contributed by atoms with E-state index in [4.69, 9.17) is 14.6 Å². The molecule has 2 heterocycles. The predicted molar refractivity (Wildman–Crippen MR) is 156 cm³/mol. The van der Waals surface area contributed by atoms with Crippen LogP contribution in [0.3, 0.4) is 0 Å². The number of carbonyl (C=O) groups excluding carboxylic acids is 3. The zero-order valence-corrected chi connectivity index (χ0v) is 26.1. The number of hydrogen-bond acceptors (Lipinski definition) is 6. The Balaban J connectivity index is 0.000000676. The fourth-order valence-electron chi connectivity index (χ4n) is 3.87. The Bertz CT molecular complexity index is 941. The molecule has 3 amide bonds. The molecule has 1 fully saturated rings. The van der Waals surface area contributed by atoms with Crippen molar-refractivity contribution in [2.45, 2.75) is 106 Å². The highest BCUT2D eigenvalue weighted by molar-refractivity contribution is 5.89. The Morgan fingerprint density at radius 1 is 1.00 bits per heavy atom. The summed E-state index contributed by atoms with van der Waals surface area (Å²) in [4.78, 5) is 49.2. The van der Waals surface area contributed by atoms with Gasteiger partial charge in [0, 0.05) is 19.6 Å². The number of alkyl carbamates (subject to hydrolysis) is 1. The summed E-state index contributed by atoms with van der Waals surface area (Å²) in [6, 6.07) is 6.67. The fourth-order valence-corrected chi connectivity index (χ4v) is 3.87. The van der Waals surface area contributed by atoms with Crippen LogP contribution in [-0.2, 0) is 32.0 Å². The first-order valence-corrected chi connectivity index (χ1v) is 14.1. The molecule has 2 aliphatic rings. The average Bonchev–Trinajstić information content (AvgIpc) is 3.37. The van der Waals surface area contributed by atoms with Crippen molar-refractivity contribution in [3.63, 3.8) is 0 Å². The molecule has 0 aliphatic carbocycles. The van der Waals surface area contributed by atoms with Crippen molar-refractivity contribution in [2.24, 2.45) is 5.92 Å². The van der Waals surface area contributed by atoms with Gasteiger partial charge in [-0.3, -0.25) is 4.79 Å². The summed E-state index contributed by atoms with van der Waals surface area (Å²) >= 11 is 0. The fraction of sp³-hybridized carbons (Fsp3) is 0.667. The number of nitrogens with one attached hydrogen (secondary N) is 1. The number of fused-ring (bicyclic) bond motifs is 1. The van der Waals surface area contributed by atoms with Gasteiger partial charge < -0.3 is 29.7 Å².